The zero-order valence-corrected chi connectivity index (χ0v) is 10.4. The average Bonchev–Trinajstić information content (AvgIpc) is 2.54. The summed E-state index contributed by atoms with van der Waals surface area (Å²) in [5, 5.41) is 2.79. The van der Waals surface area contributed by atoms with Crippen LogP contribution in [0.3, 0.4) is 0 Å². The van der Waals surface area contributed by atoms with Crippen LogP contribution >= 0.6 is 0 Å². The van der Waals surface area contributed by atoms with Gasteiger partial charge in [0, 0.05) is 19.6 Å². The SMILES string of the molecule is CCN1C(=O)NC2(CCN(CC(N)=O)CC2)C1=O. The number of nitrogens with two attached hydrogens (primary N) is 1. The van der Waals surface area contributed by atoms with Gasteiger partial charge in [0.25, 0.3) is 5.91 Å². The number of likely N-dealkylation sites (tertiary alicyclic amines) is 1. The number of carbonyl (C=O) groups is 3. The number of nitrogens with one attached hydrogen (secondary N) is 1. The highest BCUT2D eigenvalue weighted by Gasteiger charge is 2.51. The third-order valence-corrected chi connectivity index (χ3v) is 3.65. The van der Waals surface area contributed by atoms with Gasteiger partial charge in [0.15, 0.2) is 0 Å². The van der Waals surface area contributed by atoms with Crippen LogP contribution in [0.25, 0.3) is 0 Å². The summed E-state index contributed by atoms with van der Waals surface area (Å²) >= 11 is 0. The molecule has 0 aromatic carbocycles. The molecule has 0 unspecified atom stereocenters. The fourth-order valence-corrected chi connectivity index (χ4v) is 2.62. The lowest BCUT2D eigenvalue weighted by molar-refractivity contribution is -0.132. The molecule has 0 saturated carbocycles. The molecule has 0 radical (unpaired) electrons. The van der Waals surface area contributed by atoms with Gasteiger partial charge < -0.3 is 11.1 Å². The number of piperidine rings is 1. The summed E-state index contributed by atoms with van der Waals surface area (Å²) in [6.07, 6.45) is 1.06. The smallest absolute Gasteiger partial charge is 0.325 e. The molecule has 2 aliphatic heterocycles. The molecule has 2 aliphatic rings. The summed E-state index contributed by atoms with van der Waals surface area (Å²) in [4.78, 5) is 37.8. The van der Waals surface area contributed by atoms with Gasteiger partial charge in [-0.2, -0.15) is 0 Å². The second kappa shape index (κ2) is 4.56. The highest BCUT2D eigenvalue weighted by atomic mass is 16.2. The van der Waals surface area contributed by atoms with E-state index in [0.29, 0.717) is 32.5 Å². The standard InChI is InChI=1S/C11H18N4O3/c1-2-15-9(17)11(13-10(15)18)3-5-14(6-4-11)7-8(12)16/h2-7H2,1H3,(H2,12,16)(H,13,18). The Morgan fingerprint density at radius 1 is 1.39 bits per heavy atom. The van der Waals surface area contributed by atoms with Crippen molar-refractivity contribution < 1.29 is 14.4 Å². The summed E-state index contributed by atoms with van der Waals surface area (Å²) in [6.45, 7) is 3.55. The molecule has 0 aromatic rings. The highest BCUT2D eigenvalue weighted by Crippen LogP contribution is 2.29. The van der Waals surface area contributed by atoms with Crippen LogP contribution in [-0.2, 0) is 9.59 Å². The van der Waals surface area contributed by atoms with Gasteiger partial charge in [0.05, 0.1) is 6.54 Å². The van der Waals surface area contributed by atoms with Crippen molar-refractivity contribution in [1.82, 2.24) is 15.1 Å². The van der Waals surface area contributed by atoms with Crippen LogP contribution in [-0.4, -0.2) is 59.4 Å². The van der Waals surface area contributed by atoms with Crippen molar-refractivity contribution in [2.75, 3.05) is 26.2 Å². The van der Waals surface area contributed by atoms with Crippen molar-refractivity contribution in [2.24, 2.45) is 5.73 Å². The summed E-state index contributed by atoms with van der Waals surface area (Å²) in [6, 6.07) is -0.314. The first-order chi connectivity index (χ1) is 8.48. The molecule has 3 N–H and O–H groups in total. The van der Waals surface area contributed by atoms with Crippen LogP contribution in [0.4, 0.5) is 4.79 Å². The molecule has 0 aromatic heterocycles. The minimum Gasteiger partial charge on any atom is -0.369 e. The molecule has 7 nitrogen and oxygen atoms in total. The van der Waals surface area contributed by atoms with Crippen molar-refractivity contribution in [3.8, 4) is 0 Å². The van der Waals surface area contributed by atoms with E-state index in [2.05, 4.69) is 5.32 Å². The van der Waals surface area contributed by atoms with Crippen LogP contribution in [0.15, 0.2) is 0 Å². The number of nitrogens with zero attached hydrogens (tertiary/aromatic N) is 2. The minimum atomic E-state index is -0.763. The lowest BCUT2D eigenvalue weighted by Crippen LogP contribution is -2.55. The topological polar surface area (TPSA) is 95.7 Å². The highest BCUT2D eigenvalue weighted by molar-refractivity contribution is 6.07. The van der Waals surface area contributed by atoms with Gasteiger partial charge in [-0.3, -0.25) is 19.4 Å². The molecule has 1 spiro atoms. The molecule has 2 heterocycles. The number of likely N-dealkylation sites (N-methyl/N-ethyl adjacent to an activating group) is 1. The number of primary amides is 1. The number of carbonyl (C=O) groups excluding carboxylic acids is 3. The summed E-state index contributed by atoms with van der Waals surface area (Å²) in [5.74, 6) is -0.517. The Morgan fingerprint density at radius 3 is 2.44 bits per heavy atom. The maximum Gasteiger partial charge on any atom is 0.325 e. The van der Waals surface area contributed by atoms with E-state index in [1.807, 2.05) is 4.90 Å². The van der Waals surface area contributed by atoms with Crippen LogP contribution < -0.4 is 11.1 Å². The van der Waals surface area contributed by atoms with Gasteiger partial charge in [0.2, 0.25) is 5.91 Å². The van der Waals surface area contributed by atoms with E-state index in [9.17, 15) is 14.4 Å². The number of amides is 4. The van der Waals surface area contributed by atoms with Crippen LogP contribution in [0, 0.1) is 0 Å². The van der Waals surface area contributed by atoms with E-state index in [0.717, 1.165) is 0 Å². The largest absolute Gasteiger partial charge is 0.369 e. The first kappa shape index (κ1) is 12.8. The van der Waals surface area contributed by atoms with E-state index >= 15 is 0 Å². The van der Waals surface area contributed by atoms with Gasteiger partial charge in [0.1, 0.15) is 5.54 Å². The quantitative estimate of drug-likeness (QED) is 0.623. The second-order valence-electron chi connectivity index (χ2n) is 4.80. The van der Waals surface area contributed by atoms with Crippen molar-refractivity contribution in [1.29, 1.82) is 0 Å². The zero-order chi connectivity index (χ0) is 13.3. The molecule has 2 fully saturated rings. The van der Waals surface area contributed by atoms with Crippen LogP contribution in [0.2, 0.25) is 0 Å². The predicted octanol–water partition coefficient (Wildman–Crippen LogP) is -1.12. The normalized spacial score (nSPS) is 23.5. The average molecular weight is 254 g/mol. The summed E-state index contributed by atoms with van der Waals surface area (Å²) in [7, 11) is 0. The molecule has 2 rings (SSSR count). The van der Waals surface area contributed by atoms with E-state index in [1.165, 1.54) is 4.90 Å². The maximum absolute atomic E-state index is 12.2. The third kappa shape index (κ3) is 2.05. The Bertz CT molecular complexity index is 388. The van der Waals surface area contributed by atoms with E-state index in [4.69, 9.17) is 5.73 Å². The van der Waals surface area contributed by atoms with Crippen molar-refractivity contribution in [3.05, 3.63) is 0 Å². The molecule has 0 atom stereocenters. The summed E-state index contributed by atoms with van der Waals surface area (Å²) in [5.41, 5.74) is 4.37. The third-order valence-electron chi connectivity index (χ3n) is 3.65. The number of urea groups is 1. The van der Waals surface area contributed by atoms with Gasteiger partial charge in [-0.15, -0.1) is 0 Å². The Labute approximate surface area is 105 Å². The second-order valence-corrected chi connectivity index (χ2v) is 4.80. The molecular formula is C11H18N4O3. The fourth-order valence-electron chi connectivity index (χ4n) is 2.62. The predicted molar refractivity (Wildman–Crippen MR) is 63.5 cm³/mol. The van der Waals surface area contributed by atoms with Crippen LogP contribution in [0.1, 0.15) is 19.8 Å². The molecule has 2 saturated heterocycles. The first-order valence-corrected chi connectivity index (χ1v) is 6.13. The Balaban J connectivity index is 2.02. The lowest BCUT2D eigenvalue weighted by Gasteiger charge is -2.36. The molecule has 7 heteroatoms. The van der Waals surface area contributed by atoms with Gasteiger partial charge in [-0.25, -0.2) is 4.79 Å². The van der Waals surface area contributed by atoms with Crippen molar-refractivity contribution in [2.45, 2.75) is 25.3 Å². The number of hydrogen-bond acceptors (Lipinski definition) is 4. The van der Waals surface area contributed by atoms with E-state index < -0.39 is 5.54 Å². The number of hydrogen-bond donors (Lipinski definition) is 2. The Hall–Kier alpha value is -1.63. The Kier molecular flexibility index (Phi) is 3.25. The zero-order valence-electron chi connectivity index (χ0n) is 10.4. The van der Waals surface area contributed by atoms with Gasteiger partial charge in [-0.05, 0) is 19.8 Å². The molecule has 18 heavy (non-hydrogen) atoms. The fraction of sp³-hybridized carbons (Fsp3) is 0.727. The monoisotopic (exact) mass is 254 g/mol. The molecule has 0 aliphatic carbocycles. The molecule has 100 valence electrons. The minimum absolute atomic E-state index is 0.145. The van der Waals surface area contributed by atoms with Gasteiger partial charge >= 0.3 is 6.03 Å². The maximum atomic E-state index is 12.2. The lowest BCUT2D eigenvalue weighted by atomic mass is 9.87. The van der Waals surface area contributed by atoms with E-state index in [1.54, 1.807) is 6.92 Å². The number of rotatable bonds is 3. The van der Waals surface area contributed by atoms with E-state index in [-0.39, 0.29) is 24.4 Å². The summed E-state index contributed by atoms with van der Waals surface area (Å²) < 4.78 is 0. The molecular weight excluding hydrogens is 236 g/mol. The molecule has 0 bridgehead atoms. The molecule has 4 amide bonds. The number of imide groups is 1. The van der Waals surface area contributed by atoms with Crippen molar-refractivity contribution >= 4 is 17.8 Å². The first-order valence-electron chi connectivity index (χ1n) is 6.13. The Morgan fingerprint density at radius 2 is 2.00 bits per heavy atom. The van der Waals surface area contributed by atoms with Crippen molar-refractivity contribution in [3.63, 3.8) is 0 Å². The van der Waals surface area contributed by atoms with Crippen LogP contribution in [0.5, 0.6) is 0 Å². The van der Waals surface area contributed by atoms with Gasteiger partial charge in [-0.1, -0.05) is 0 Å².